The molecule has 0 amide bonds. The maximum absolute atomic E-state index is 10.4. The summed E-state index contributed by atoms with van der Waals surface area (Å²) >= 11 is 0. The van der Waals surface area contributed by atoms with Gasteiger partial charge in [-0.25, -0.2) is 0 Å². The summed E-state index contributed by atoms with van der Waals surface area (Å²) in [4.78, 5) is 10.4. The molecule has 1 aliphatic heterocycles. The van der Waals surface area contributed by atoms with Crippen LogP contribution in [0.3, 0.4) is 0 Å². The standard InChI is InChI=1S/C18H20O3/c1-17(2)12-20-18(21-13-17)11-16(18)15-9-4-3-7-14(15)8-5-6-10-19/h3-7,9-11H,8,12-13H2,1-2H3/b6-5+. The number of carbonyl (C=O) groups excluding carboxylic acids is 1. The highest BCUT2D eigenvalue weighted by Crippen LogP contribution is 2.51. The van der Waals surface area contributed by atoms with Gasteiger partial charge < -0.3 is 9.47 Å². The lowest BCUT2D eigenvalue weighted by Crippen LogP contribution is -2.40. The van der Waals surface area contributed by atoms with Crippen molar-refractivity contribution < 1.29 is 14.3 Å². The second-order valence-corrected chi connectivity index (χ2v) is 6.39. The van der Waals surface area contributed by atoms with Crippen LogP contribution in [0.4, 0.5) is 0 Å². The topological polar surface area (TPSA) is 35.5 Å². The fourth-order valence-electron chi connectivity index (χ4n) is 2.56. The van der Waals surface area contributed by atoms with Crippen LogP contribution in [0.15, 0.2) is 42.5 Å². The van der Waals surface area contributed by atoms with Crippen LogP contribution in [-0.4, -0.2) is 25.3 Å². The van der Waals surface area contributed by atoms with Crippen molar-refractivity contribution in [1.29, 1.82) is 0 Å². The van der Waals surface area contributed by atoms with Crippen molar-refractivity contribution in [1.82, 2.24) is 0 Å². The molecule has 1 aromatic rings. The molecule has 1 fully saturated rings. The van der Waals surface area contributed by atoms with Crippen LogP contribution in [-0.2, 0) is 20.7 Å². The van der Waals surface area contributed by atoms with Gasteiger partial charge in [-0.1, -0.05) is 44.2 Å². The molecular formula is C18H20O3. The van der Waals surface area contributed by atoms with Gasteiger partial charge in [-0.15, -0.1) is 0 Å². The van der Waals surface area contributed by atoms with Crippen molar-refractivity contribution in [2.24, 2.45) is 5.41 Å². The molecule has 1 aliphatic carbocycles. The summed E-state index contributed by atoms with van der Waals surface area (Å²) in [6.45, 7) is 5.67. The molecule has 0 radical (unpaired) electrons. The summed E-state index contributed by atoms with van der Waals surface area (Å²) in [5.41, 5.74) is 3.50. The smallest absolute Gasteiger partial charge is 0.216 e. The van der Waals surface area contributed by atoms with E-state index in [1.165, 1.54) is 11.6 Å². The average Bonchev–Trinajstić information content (AvgIpc) is 3.18. The lowest BCUT2D eigenvalue weighted by molar-refractivity contribution is -0.222. The Bertz CT molecular complexity index is 601. The predicted molar refractivity (Wildman–Crippen MR) is 81.7 cm³/mol. The lowest BCUT2D eigenvalue weighted by Gasteiger charge is -2.36. The van der Waals surface area contributed by atoms with Crippen LogP contribution in [0.2, 0.25) is 0 Å². The molecule has 0 aromatic heterocycles. The van der Waals surface area contributed by atoms with E-state index in [0.29, 0.717) is 13.2 Å². The number of rotatable bonds is 4. The van der Waals surface area contributed by atoms with Crippen molar-refractivity contribution in [3.8, 4) is 0 Å². The quantitative estimate of drug-likeness (QED) is 0.629. The van der Waals surface area contributed by atoms with Gasteiger partial charge in [0.1, 0.15) is 6.29 Å². The highest BCUT2D eigenvalue weighted by molar-refractivity contribution is 5.87. The minimum Gasteiger partial charge on any atom is -0.342 e. The Labute approximate surface area is 125 Å². The fourth-order valence-corrected chi connectivity index (χ4v) is 2.56. The minimum atomic E-state index is -0.611. The summed E-state index contributed by atoms with van der Waals surface area (Å²) in [6.07, 6.45) is 6.98. The predicted octanol–water partition coefficient (Wildman–Crippen LogP) is 3.15. The summed E-state index contributed by atoms with van der Waals surface area (Å²) < 4.78 is 11.9. The maximum Gasteiger partial charge on any atom is 0.216 e. The van der Waals surface area contributed by atoms with Gasteiger partial charge in [0.2, 0.25) is 5.79 Å². The Morgan fingerprint density at radius 1 is 1.19 bits per heavy atom. The SMILES string of the molecule is CC1(C)COC2(C=C2c2ccccc2C/C=C/C=O)OC1. The van der Waals surface area contributed by atoms with Gasteiger partial charge in [-0.3, -0.25) is 4.79 Å². The first-order valence-electron chi connectivity index (χ1n) is 7.26. The fraction of sp³-hybridized carbons (Fsp3) is 0.389. The Kier molecular flexibility index (Phi) is 3.56. The Morgan fingerprint density at radius 2 is 1.90 bits per heavy atom. The van der Waals surface area contributed by atoms with Gasteiger partial charge >= 0.3 is 0 Å². The molecule has 3 rings (SSSR count). The number of carbonyl (C=O) groups is 1. The van der Waals surface area contributed by atoms with Crippen molar-refractivity contribution >= 4 is 11.9 Å². The molecule has 1 aromatic carbocycles. The first-order chi connectivity index (χ1) is 10.1. The largest absolute Gasteiger partial charge is 0.342 e. The van der Waals surface area contributed by atoms with E-state index >= 15 is 0 Å². The summed E-state index contributed by atoms with van der Waals surface area (Å²) in [5, 5.41) is 0. The van der Waals surface area contributed by atoms with Crippen LogP contribution in [0.1, 0.15) is 25.0 Å². The van der Waals surface area contributed by atoms with Gasteiger partial charge in [0.05, 0.1) is 13.2 Å². The minimum absolute atomic E-state index is 0.0685. The summed E-state index contributed by atoms with van der Waals surface area (Å²) in [5.74, 6) is -0.611. The molecule has 1 spiro atoms. The second-order valence-electron chi connectivity index (χ2n) is 6.39. The van der Waals surface area contributed by atoms with Crippen molar-refractivity contribution in [2.45, 2.75) is 26.1 Å². The number of allylic oxidation sites excluding steroid dienone is 2. The Balaban J connectivity index is 1.76. The third-order valence-electron chi connectivity index (χ3n) is 3.84. The van der Waals surface area contributed by atoms with Crippen LogP contribution in [0.5, 0.6) is 0 Å². The third kappa shape index (κ3) is 2.85. The number of aldehydes is 1. The average molecular weight is 284 g/mol. The molecule has 0 N–H and O–H groups in total. The molecule has 110 valence electrons. The zero-order valence-corrected chi connectivity index (χ0v) is 12.5. The van der Waals surface area contributed by atoms with Gasteiger partial charge in [-0.05, 0) is 29.7 Å². The van der Waals surface area contributed by atoms with Gasteiger partial charge in [0.25, 0.3) is 0 Å². The van der Waals surface area contributed by atoms with Crippen LogP contribution < -0.4 is 0 Å². The van der Waals surface area contributed by atoms with Crippen LogP contribution >= 0.6 is 0 Å². The first kappa shape index (κ1) is 14.2. The number of hydrogen-bond acceptors (Lipinski definition) is 3. The van der Waals surface area contributed by atoms with Gasteiger partial charge in [0.15, 0.2) is 0 Å². The molecule has 0 unspecified atom stereocenters. The molecule has 1 saturated heterocycles. The van der Waals surface area contributed by atoms with Gasteiger partial charge in [-0.2, -0.15) is 0 Å². The highest BCUT2D eigenvalue weighted by Gasteiger charge is 2.52. The van der Waals surface area contributed by atoms with E-state index in [1.807, 2.05) is 24.3 Å². The molecule has 0 saturated carbocycles. The number of benzene rings is 1. The first-order valence-corrected chi connectivity index (χ1v) is 7.26. The van der Waals surface area contributed by atoms with E-state index < -0.39 is 5.79 Å². The molecule has 0 atom stereocenters. The number of ether oxygens (including phenoxy) is 2. The maximum atomic E-state index is 10.4. The normalized spacial score (nSPS) is 22.3. The monoisotopic (exact) mass is 284 g/mol. The van der Waals surface area contributed by atoms with Crippen LogP contribution in [0, 0.1) is 5.41 Å². The van der Waals surface area contributed by atoms with E-state index in [0.717, 1.165) is 23.8 Å². The third-order valence-corrected chi connectivity index (χ3v) is 3.84. The highest BCUT2D eigenvalue weighted by atomic mass is 16.7. The molecule has 1 heterocycles. The summed E-state index contributed by atoms with van der Waals surface area (Å²) in [6, 6.07) is 8.18. The Morgan fingerprint density at radius 3 is 2.62 bits per heavy atom. The van der Waals surface area contributed by atoms with Gasteiger partial charge in [0, 0.05) is 11.0 Å². The zero-order chi connectivity index (χ0) is 14.9. The van der Waals surface area contributed by atoms with Crippen LogP contribution in [0.25, 0.3) is 5.57 Å². The summed E-state index contributed by atoms with van der Waals surface area (Å²) in [7, 11) is 0. The van der Waals surface area contributed by atoms with Crippen molar-refractivity contribution in [3.05, 3.63) is 53.6 Å². The second kappa shape index (κ2) is 5.24. The number of hydrogen-bond donors (Lipinski definition) is 0. The van der Waals surface area contributed by atoms with E-state index in [4.69, 9.17) is 9.47 Å². The van der Waals surface area contributed by atoms with E-state index in [9.17, 15) is 4.79 Å². The lowest BCUT2D eigenvalue weighted by atomic mass is 9.95. The van der Waals surface area contributed by atoms with Crippen molar-refractivity contribution in [2.75, 3.05) is 13.2 Å². The Hall–Kier alpha value is -1.71. The molecule has 3 heteroatoms. The van der Waals surface area contributed by atoms with E-state index in [2.05, 4.69) is 26.0 Å². The molecule has 3 nitrogen and oxygen atoms in total. The van der Waals surface area contributed by atoms with E-state index in [-0.39, 0.29) is 5.41 Å². The molecule has 2 aliphatic rings. The molecule has 0 bridgehead atoms. The van der Waals surface area contributed by atoms with E-state index in [1.54, 1.807) is 0 Å². The van der Waals surface area contributed by atoms with Crippen molar-refractivity contribution in [3.63, 3.8) is 0 Å². The molecular weight excluding hydrogens is 264 g/mol. The molecule has 21 heavy (non-hydrogen) atoms. The zero-order valence-electron chi connectivity index (χ0n) is 12.5.